The van der Waals surface area contributed by atoms with Crippen LogP contribution in [0.1, 0.15) is 29.7 Å². The lowest BCUT2D eigenvalue weighted by atomic mass is 9.76. The van der Waals surface area contributed by atoms with Crippen LogP contribution in [0.4, 0.5) is 4.39 Å². The molecule has 2 atom stereocenters. The van der Waals surface area contributed by atoms with Crippen molar-refractivity contribution in [3.8, 4) is 0 Å². The summed E-state index contributed by atoms with van der Waals surface area (Å²) >= 11 is 1.52. The minimum atomic E-state index is -0.812. The molecule has 5 heteroatoms. The fourth-order valence-corrected chi connectivity index (χ4v) is 3.88. The molecule has 0 aliphatic heterocycles. The molecule has 0 N–H and O–H groups in total. The molecule has 1 aromatic carbocycles. The third kappa shape index (κ3) is 3.31. The lowest BCUT2D eigenvalue weighted by Gasteiger charge is -2.28. The van der Waals surface area contributed by atoms with Crippen LogP contribution in [0.3, 0.4) is 0 Å². The molecule has 0 radical (unpaired) electrons. The fraction of sp³-hybridized carbons (Fsp3) is 0.263. The lowest BCUT2D eigenvalue weighted by Crippen LogP contribution is -2.33. The van der Waals surface area contributed by atoms with Gasteiger partial charge >= 0.3 is 5.97 Å². The van der Waals surface area contributed by atoms with Gasteiger partial charge in [0.15, 0.2) is 5.78 Å². The number of hydrogen-bond acceptors (Lipinski definition) is 4. The Morgan fingerprint density at radius 1 is 1.29 bits per heavy atom. The molecule has 2 aromatic rings. The van der Waals surface area contributed by atoms with Gasteiger partial charge in [0.1, 0.15) is 11.7 Å². The number of halogens is 1. The quantitative estimate of drug-likeness (QED) is 0.616. The average molecular weight is 344 g/mol. The summed E-state index contributed by atoms with van der Waals surface area (Å²) < 4.78 is 18.2. The number of hydrogen-bond donors (Lipinski definition) is 0. The number of esters is 1. The van der Waals surface area contributed by atoms with E-state index < -0.39 is 11.9 Å². The van der Waals surface area contributed by atoms with E-state index in [4.69, 9.17) is 4.74 Å². The number of rotatable bonds is 4. The molecule has 0 unspecified atom stereocenters. The van der Waals surface area contributed by atoms with Crippen molar-refractivity contribution in [2.75, 3.05) is 6.61 Å². The first-order valence-electron chi connectivity index (χ1n) is 7.80. The number of ketones is 1. The predicted octanol–water partition coefficient (Wildman–Crippen LogP) is 4.21. The summed E-state index contributed by atoms with van der Waals surface area (Å²) in [5.74, 6) is -2.11. The second kappa shape index (κ2) is 7.09. The van der Waals surface area contributed by atoms with Crippen LogP contribution < -0.4 is 0 Å². The maximum Gasteiger partial charge on any atom is 0.317 e. The minimum Gasteiger partial charge on any atom is -0.465 e. The second-order valence-corrected chi connectivity index (χ2v) is 6.61. The Morgan fingerprint density at radius 3 is 2.67 bits per heavy atom. The van der Waals surface area contributed by atoms with Gasteiger partial charge in [-0.1, -0.05) is 18.2 Å². The predicted molar refractivity (Wildman–Crippen MR) is 91.2 cm³/mol. The van der Waals surface area contributed by atoms with Crippen LogP contribution in [0.25, 0.3) is 5.57 Å². The molecule has 3 nitrogen and oxygen atoms in total. The Labute approximate surface area is 143 Å². The number of allylic oxidation sites excluding steroid dienone is 2. The van der Waals surface area contributed by atoms with Crippen LogP contribution in [0.5, 0.6) is 0 Å². The molecule has 0 saturated carbocycles. The molecule has 1 aliphatic carbocycles. The summed E-state index contributed by atoms with van der Waals surface area (Å²) in [6.45, 7) is 1.97. The summed E-state index contributed by atoms with van der Waals surface area (Å²) in [6.07, 6.45) is 2.04. The highest BCUT2D eigenvalue weighted by molar-refractivity contribution is 7.10. The fourth-order valence-electron chi connectivity index (χ4n) is 3.02. The molecule has 0 saturated heterocycles. The lowest BCUT2D eigenvalue weighted by molar-refractivity contribution is -0.151. The van der Waals surface area contributed by atoms with E-state index >= 15 is 0 Å². The Balaban J connectivity index is 1.98. The van der Waals surface area contributed by atoms with E-state index in [0.717, 1.165) is 16.0 Å². The van der Waals surface area contributed by atoms with Crippen LogP contribution in [0.15, 0.2) is 47.9 Å². The van der Waals surface area contributed by atoms with Crippen molar-refractivity contribution >= 4 is 28.7 Å². The smallest absolute Gasteiger partial charge is 0.317 e. The van der Waals surface area contributed by atoms with Crippen LogP contribution in [-0.4, -0.2) is 18.4 Å². The van der Waals surface area contributed by atoms with Crippen molar-refractivity contribution in [3.05, 3.63) is 64.1 Å². The van der Waals surface area contributed by atoms with Gasteiger partial charge in [0.05, 0.1) is 6.61 Å². The largest absolute Gasteiger partial charge is 0.465 e. The highest BCUT2D eigenvalue weighted by Gasteiger charge is 2.40. The van der Waals surface area contributed by atoms with Gasteiger partial charge in [0, 0.05) is 10.8 Å². The Morgan fingerprint density at radius 2 is 2.04 bits per heavy atom. The SMILES string of the molecule is CCOC(=O)[C@@H]1C(=O)C=C(c2ccc(F)cc2)C[C@H]1c1cccs1. The molecule has 1 aromatic heterocycles. The molecule has 3 rings (SSSR count). The van der Waals surface area contributed by atoms with Crippen LogP contribution in [-0.2, 0) is 14.3 Å². The highest BCUT2D eigenvalue weighted by Crippen LogP contribution is 2.41. The Bertz CT molecular complexity index is 762. The van der Waals surface area contributed by atoms with Crippen molar-refractivity contribution in [2.24, 2.45) is 5.92 Å². The van der Waals surface area contributed by atoms with Gasteiger partial charge in [-0.15, -0.1) is 11.3 Å². The Kier molecular flexibility index (Phi) is 4.90. The monoisotopic (exact) mass is 344 g/mol. The number of thiophene rings is 1. The summed E-state index contributed by atoms with van der Waals surface area (Å²) in [5, 5.41) is 1.93. The van der Waals surface area contributed by atoms with Crippen molar-refractivity contribution < 1.29 is 18.7 Å². The number of carbonyl (C=O) groups is 2. The van der Waals surface area contributed by atoms with Crippen molar-refractivity contribution in [1.29, 1.82) is 0 Å². The van der Waals surface area contributed by atoms with Gasteiger partial charge in [0.2, 0.25) is 0 Å². The topological polar surface area (TPSA) is 43.4 Å². The first-order valence-corrected chi connectivity index (χ1v) is 8.68. The normalized spacial score (nSPS) is 20.6. The third-order valence-corrected chi connectivity index (χ3v) is 5.13. The number of ether oxygens (including phenoxy) is 1. The summed E-state index contributed by atoms with van der Waals surface area (Å²) in [5.41, 5.74) is 1.62. The molecular formula is C19H17FO3S. The standard InChI is InChI=1S/C19H17FO3S/c1-2-23-19(22)18-15(17-4-3-9-24-17)10-13(11-16(18)21)12-5-7-14(20)8-6-12/h3-9,11,15,18H,2,10H2,1H3/t15-,18-/m0/s1. The summed E-state index contributed by atoms with van der Waals surface area (Å²) in [7, 11) is 0. The zero-order valence-electron chi connectivity index (χ0n) is 13.2. The number of benzene rings is 1. The van der Waals surface area contributed by atoms with Crippen molar-refractivity contribution in [1.82, 2.24) is 0 Å². The van der Waals surface area contributed by atoms with E-state index in [9.17, 15) is 14.0 Å². The molecule has 0 amide bonds. The zero-order valence-corrected chi connectivity index (χ0v) is 14.0. The van der Waals surface area contributed by atoms with Crippen molar-refractivity contribution in [3.63, 3.8) is 0 Å². The summed E-state index contributed by atoms with van der Waals surface area (Å²) in [4.78, 5) is 25.9. The maximum atomic E-state index is 13.1. The molecular weight excluding hydrogens is 327 g/mol. The van der Waals surface area contributed by atoms with Gasteiger partial charge in [-0.25, -0.2) is 4.39 Å². The maximum absolute atomic E-state index is 13.1. The summed E-state index contributed by atoms with van der Waals surface area (Å²) in [6, 6.07) is 9.90. The van der Waals surface area contributed by atoms with E-state index in [1.54, 1.807) is 19.1 Å². The van der Waals surface area contributed by atoms with E-state index in [1.165, 1.54) is 29.5 Å². The first-order chi connectivity index (χ1) is 11.6. The van der Waals surface area contributed by atoms with Gasteiger partial charge in [-0.05, 0) is 54.1 Å². The highest BCUT2D eigenvalue weighted by atomic mass is 32.1. The van der Waals surface area contributed by atoms with Crippen molar-refractivity contribution in [2.45, 2.75) is 19.3 Å². The molecule has 1 aliphatic rings. The van der Waals surface area contributed by atoms with E-state index in [-0.39, 0.29) is 24.1 Å². The van der Waals surface area contributed by atoms with Gasteiger partial charge in [-0.2, -0.15) is 0 Å². The molecule has 24 heavy (non-hydrogen) atoms. The van der Waals surface area contributed by atoms with E-state index in [0.29, 0.717) is 6.42 Å². The van der Waals surface area contributed by atoms with Gasteiger partial charge in [0.25, 0.3) is 0 Å². The number of carbonyl (C=O) groups excluding carboxylic acids is 2. The van der Waals surface area contributed by atoms with Crippen LogP contribution in [0, 0.1) is 11.7 Å². The molecule has 0 fully saturated rings. The van der Waals surface area contributed by atoms with Crippen LogP contribution in [0.2, 0.25) is 0 Å². The second-order valence-electron chi connectivity index (χ2n) is 5.63. The average Bonchev–Trinajstić information content (AvgIpc) is 3.09. The Hall–Kier alpha value is -2.27. The van der Waals surface area contributed by atoms with Gasteiger partial charge in [-0.3, -0.25) is 9.59 Å². The van der Waals surface area contributed by atoms with Crippen LogP contribution >= 0.6 is 11.3 Å². The molecule has 124 valence electrons. The molecule has 0 spiro atoms. The molecule has 0 bridgehead atoms. The first kappa shape index (κ1) is 16.6. The van der Waals surface area contributed by atoms with E-state index in [1.807, 2.05) is 17.5 Å². The minimum absolute atomic E-state index is 0.244. The molecule has 1 heterocycles. The third-order valence-electron chi connectivity index (χ3n) is 4.13. The van der Waals surface area contributed by atoms with Gasteiger partial charge < -0.3 is 4.74 Å². The van der Waals surface area contributed by atoms with E-state index in [2.05, 4.69) is 0 Å². The zero-order chi connectivity index (χ0) is 17.1.